The Balaban J connectivity index is -0.00000153. The van der Waals surface area contributed by atoms with E-state index in [1.165, 1.54) is 42.7 Å². The van der Waals surface area contributed by atoms with Crippen molar-refractivity contribution < 1.29 is 312 Å². The Bertz CT molecular complexity index is 6190. The third kappa shape index (κ3) is 48.2. The minimum absolute atomic E-state index is 0. The number of carbonyl (C=O) groups excluding carboxylic acids is 4. The van der Waals surface area contributed by atoms with Gasteiger partial charge < -0.3 is 80.3 Å². The molecule has 754 valence electrons. The van der Waals surface area contributed by atoms with Crippen LogP contribution in [0, 0.1) is 59.7 Å². The Morgan fingerprint density at radius 1 is 0.507 bits per heavy atom. The van der Waals surface area contributed by atoms with E-state index in [1.807, 2.05) is 27.7 Å². The van der Waals surface area contributed by atoms with Gasteiger partial charge in [0.1, 0.15) is 75.1 Å². The first-order chi connectivity index (χ1) is 63.9. The van der Waals surface area contributed by atoms with Crippen LogP contribution in [0.3, 0.4) is 0 Å². The van der Waals surface area contributed by atoms with E-state index in [4.69, 9.17) is 120 Å². The van der Waals surface area contributed by atoms with Crippen LogP contribution in [0.5, 0.6) is 40.2 Å². The zero-order valence-corrected chi connectivity index (χ0v) is 99.3. The summed E-state index contributed by atoms with van der Waals surface area (Å²) >= 11 is 31.6. The fourth-order valence-corrected chi connectivity index (χ4v) is 11.6. The van der Waals surface area contributed by atoms with Gasteiger partial charge >= 0.3 is 175 Å². The van der Waals surface area contributed by atoms with E-state index >= 15 is 0 Å². The van der Waals surface area contributed by atoms with Crippen molar-refractivity contribution in [2.45, 2.75) is 80.4 Å². The standard InChI is InChI=1S/C15H13ClF2N2O4S.C14H10ClF2NO3.C11H14BClFNO2.C11H12BrFO3.C9H8BrFO3.C7H4BrFO3.C7H7ClO.C7H5FO3.CH5NO2S.CH2O3.Cl2OS.2Cs.H/c1-3-24-13-6-10(15(21)20-25(2,22)23)12(17)5-9(13)8-4-11(16)14(18)19-7-8;1-2-21-12-5-9(14(19)20)11(16)4-8(12)7-3-10(15)13(17)18-6-7;1-10(2)11(3,4)17-12(16-10)7-5-8(13)9(14)15-6-7;1-3-15-10-5-7(11(14)16-4-2)9(13)6-8(10)12;1-2-14-9(13)5-3-8(12)6(10)4-7(5)11;8-4-2-5(9)3(7(11)12)1-6(4)10;1-5-6(8)3-2-4-7(5)9;8-6-2-1-4(9)3-5(6)7(10)11;1-5(2,3)4;2-1-4-3;1-4(2)3;;;/h4-7H,3H2,1-2H3,(H,20,21);3-6H,2H2,1H3,(H,19,20);5-6H,1-4H3;5-6H,3-4H2,1-2H3;3-4,12H,2H2,1H3;1-2,10H,(H,11,12);2-4,9H,1H3;1-3,9H,(H,10,11);1H3,(H2,2,3,4);1,3H;;;;/q;;;;;;;;;;;2*+1;-1/p-1. The number of sulfonamides is 2. The van der Waals surface area contributed by atoms with E-state index < -0.39 is 158 Å². The number of aromatic carboxylic acids is 3. The molecule has 1 saturated heterocycles. The van der Waals surface area contributed by atoms with Gasteiger partial charge in [-0.1, -0.05) is 52.5 Å². The number of pyridine rings is 3. The second kappa shape index (κ2) is 65.9. The zero-order chi connectivity index (χ0) is 106. The number of phenols is 4. The van der Waals surface area contributed by atoms with Crippen LogP contribution in [-0.4, -0.2) is 178 Å². The summed E-state index contributed by atoms with van der Waals surface area (Å²) in [6.45, 7) is 19.1. The molecule has 0 bridgehead atoms. The summed E-state index contributed by atoms with van der Waals surface area (Å²) in [6, 6.07) is 22.3. The molecule has 0 radical (unpaired) electrons. The average molecular weight is 2590 g/mol. The van der Waals surface area contributed by atoms with Crippen molar-refractivity contribution in [3.05, 3.63) is 259 Å². The molecule has 33 nitrogen and oxygen atoms in total. The Hall–Kier alpha value is -6.51. The quantitative estimate of drug-likeness (QED) is 0.00530. The molecule has 3 aromatic heterocycles. The topological polar surface area (TPSA) is 520 Å². The molecule has 0 unspecified atom stereocenters. The van der Waals surface area contributed by atoms with E-state index in [0.717, 1.165) is 91.0 Å². The van der Waals surface area contributed by atoms with Crippen molar-refractivity contribution in [3.8, 4) is 62.5 Å². The summed E-state index contributed by atoms with van der Waals surface area (Å²) in [4.78, 5) is 87.7. The number of primary sulfonamides is 1. The Morgan fingerprint density at radius 2 is 0.843 bits per heavy atom. The predicted octanol–water partition coefficient (Wildman–Crippen LogP) is 12.4. The van der Waals surface area contributed by atoms with Gasteiger partial charge in [0.15, 0.2) is 0 Å². The summed E-state index contributed by atoms with van der Waals surface area (Å²) in [6.07, 6.45) is 5.39. The molecule has 10 N–H and O–H groups in total. The van der Waals surface area contributed by atoms with Crippen LogP contribution in [0.25, 0.3) is 22.3 Å². The van der Waals surface area contributed by atoms with Gasteiger partial charge in [-0.15, -0.1) is 0 Å². The molecule has 0 saturated carbocycles. The van der Waals surface area contributed by atoms with E-state index in [-0.39, 0.29) is 258 Å². The number of rotatable bonds is 19. The number of halogens is 18. The van der Waals surface area contributed by atoms with Gasteiger partial charge in [0.05, 0.1) is 119 Å². The van der Waals surface area contributed by atoms with Crippen LogP contribution in [0.4, 0.5) is 39.5 Å². The van der Waals surface area contributed by atoms with Gasteiger partial charge in [0.2, 0.25) is 47.1 Å². The predicted molar refractivity (Wildman–Crippen MR) is 501 cm³/mol. The second-order valence-corrected chi connectivity index (χ2v) is 36.8. The molecule has 0 aliphatic carbocycles. The van der Waals surface area contributed by atoms with Gasteiger partial charge in [0.25, 0.3) is 12.4 Å². The fraction of sp³-hybridized carbons (Fsp3) is 0.229. The van der Waals surface area contributed by atoms with Crippen LogP contribution in [0.2, 0.25) is 20.1 Å². The number of carboxylic acid groups (broad SMARTS) is 3. The first-order valence-corrected chi connectivity index (χ1v) is 48.1. The third-order valence-electron chi connectivity index (χ3n) is 16.1. The number of esters is 2. The van der Waals surface area contributed by atoms with Crippen LogP contribution >= 0.6 is 116 Å². The van der Waals surface area contributed by atoms with Crippen LogP contribution < -0.4 is 173 Å². The van der Waals surface area contributed by atoms with Gasteiger partial charge in [-0.05, 0) is 226 Å². The molecular weight excluding hydrogens is 2510 g/mol. The molecule has 140 heavy (non-hydrogen) atoms. The number of hydrogen-bond acceptors (Lipinski definition) is 28. The van der Waals surface area contributed by atoms with Crippen molar-refractivity contribution in [2.75, 3.05) is 45.5 Å². The van der Waals surface area contributed by atoms with E-state index in [0.29, 0.717) is 32.9 Å². The molecule has 1 amide bonds. The maximum absolute atomic E-state index is 14.3. The summed E-state index contributed by atoms with van der Waals surface area (Å²) in [7, 11) is -0.235. The molecule has 11 rings (SSSR count). The van der Waals surface area contributed by atoms with Crippen LogP contribution in [0.15, 0.2) is 147 Å². The minimum atomic E-state index is -3.86. The van der Waals surface area contributed by atoms with Gasteiger partial charge in [-0.25, -0.2) is 96.2 Å². The number of nitrogens with two attached hydrogens (primary N) is 1. The summed E-state index contributed by atoms with van der Waals surface area (Å²) in [5.74, 6) is -14.1. The minimum Gasteiger partial charge on any atom is -1.00 e. The van der Waals surface area contributed by atoms with Gasteiger partial charge in [-0.3, -0.25) is 9.59 Å². The summed E-state index contributed by atoms with van der Waals surface area (Å²) in [5, 5.41) is 74.5. The summed E-state index contributed by atoms with van der Waals surface area (Å²) in [5.41, 5.74) is -0.974. The number of ether oxygens (including phenoxy) is 5. The maximum atomic E-state index is 14.3. The van der Waals surface area contributed by atoms with Crippen LogP contribution in [0.1, 0.15) is 131 Å². The number of carboxylic acids is 3. The first kappa shape index (κ1) is 136. The van der Waals surface area contributed by atoms with Crippen molar-refractivity contribution in [1.82, 2.24) is 19.7 Å². The average Bonchev–Trinajstić information content (AvgIpc) is 1.63. The molecule has 1 fully saturated rings. The normalized spacial score (nSPS) is 11.4. The number of aromatic nitrogens is 3. The Morgan fingerprint density at radius 3 is 1.20 bits per heavy atom. The number of phenolic OH excluding ortho intramolecular Hbond substituents is 4. The maximum Gasteiger partial charge on any atom is 1.00 e. The number of carbonyl (C=O) groups is 7. The molecule has 10 aromatic rings. The number of aromatic hydroxyl groups is 4. The summed E-state index contributed by atoms with van der Waals surface area (Å²) < 4.78 is 209. The molecular formula is C83H80BBr3Cl6Cs2F9N5O28S3. The molecule has 7 aromatic carbocycles. The van der Waals surface area contributed by atoms with Gasteiger partial charge in [0, 0.05) is 78.3 Å². The van der Waals surface area contributed by atoms with Crippen molar-refractivity contribution in [3.63, 3.8) is 0 Å². The van der Waals surface area contributed by atoms with Crippen molar-refractivity contribution in [1.29, 1.82) is 0 Å². The molecule has 0 atom stereocenters. The molecule has 0 spiro atoms. The number of nitrogens with zero attached hydrogens (tertiary/aromatic N) is 3. The monoisotopic (exact) mass is 2580 g/mol. The molecule has 1 aliphatic rings. The number of nitrogens with one attached hydrogen (secondary N) is 1. The Kier molecular flexibility index (Phi) is 63.8. The number of benzene rings is 7. The zero-order valence-electron chi connectivity index (χ0n) is 76.0. The second-order valence-electron chi connectivity index (χ2n) is 26.7. The van der Waals surface area contributed by atoms with Crippen molar-refractivity contribution in [2.24, 2.45) is 5.14 Å². The van der Waals surface area contributed by atoms with E-state index in [1.54, 1.807) is 64.5 Å². The van der Waals surface area contributed by atoms with Crippen LogP contribution in [-0.2, 0) is 57.7 Å². The third-order valence-corrected chi connectivity index (χ3v) is 19.8. The fourth-order valence-electron chi connectivity index (χ4n) is 9.39. The van der Waals surface area contributed by atoms with Gasteiger partial charge in [-0.2, -0.15) is 13.2 Å². The SMILES string of the molecule is CC1(C)OB(c2cnc(F)c(Cl)c2)OC1(C)C.CCOC(=O)c1cc(O)c(Br)cc1F.CCOC(=O)c1cc(OCC)c(Br)cc1F.CCOc1cc(C(=O)NS(C)(=O)=O)c(F)cc1-c1cnc(F)c(Cl)c1.CCOc1cc(C(=O)O)c(F)cc1-c1cnc(F)c(Cl)c1.CS(N)(=O)=O.Cc1c(O)cccc1Cl.O=C(O)c1cc(O)c(Br)cc1F.O=C(O)c1cc(O)ccc1F.O=CO[O-].O=S(Cl)Cl.[Cs+].[Cs+].[H-]. The number of hydrogen-bond donors (Lipinski definition) is 9. The Labute approximate surface area is 970 Å². The smallest absolute Gasteiger partial charge is 1.00 e. The number of amides is 1. The first-order valence-electron chi connectivity index (χ1n) is 37.6. The molecule has 4 heterocycles. The van der Waals surface area contributed by atoms with E-state index in [2.05, 4.69) is 98.9 Å². The van der Waals surface area contributed by atoms with E-state index in [9.17, 15) is 90.2 Å². The van der Waals surface area contributed by atoms with Crippen molar-refractivity contribution >= 4 is 200 Å². The molecule has 57 heteroatoms. The molecule has 1 aliphatic heterocycles. The largest absolute Gasteiger partial charge is 1.00 e.